The van der Waals surface area contributed by atoms with E-state index in [1.807, 2.05) is 0 Å². The van der Waals surface area contributed by atoms with Crippen LogP contribution in [0.5, 0.6) is 0 Å². The van der Waals surface area contributed by atoms with Gasteiger partial charge in [0.25, 0.3) is 0 Å². The van der Waals surface area contributed by atoms with Crippen LogP contribution in [0.4, 0.5) is 0 Å². The quantitative estimate of drug-likeness (QED) is 0.0878. The van der Waals surface area contributed by atoms with Crippen molar-refractivity contribution in [3.8, 4) is 0 Å². The number of rotatable bonds is 23. The van der Waals surface area contributed by atoms with Crippen molar-refractivity contribution in [1.29, 1.82) is 0 Å². The van der Waals surface area contributed by atoms with Gasteiger partial charge in [0, 0.05) is 0 Å². The van der Waals surface area contributed by atoms with Crippen molar-refractivity contribution < 1.29 is 0 Å². The van der Waals surface area contributed by atoms with Crippen LogP contribution >= 0.6 is 12.2 Å². The van der Waals surface area contributed by atoms with E-state index < -0.39 is 0 Å². The van der Waals surface area contributed by atoms with Crippen molar-refractivity contribution in [2.24, 2.45) is 5.41 Å². The van der Waals surface area contributed by atoms with Gasteiger partial charge in [0.05, 0.1) is 0 Å². The second kappa shape index (κ2) is 21.5. The van der Waals surface area contributed by atoms with Crippen LogP contribution in [0.2, 0.25) is 0 Å². The summed E-state index contributed by atoms with van der Waals surface area (Å²) in [6.07, 6.45) is 30.4. The van der Waals surface area contributed by atoms with Crippen molar-refractivity contribution in [1.82, 2.24) is 0 Å². The molecule has 0 aromatic carbocycles. The number of hydrogen-bond donors (Lipinski definition) is 0. The van der Waals surface area contributed by atoms with Crippen molar-refractivity contribution in [3.05, 3.63) is 0 Å². The van der Waals surface area contributed by atoms with Crippen LogP contribution < -0.4 is 0 Å². The number of thiocarbonyl (C=S) groups is 1. The van der Waals surface area contributed by atoms with E-state index in [-0.39, 0.29) is 5.41 Å². The van der Waals surface area contributed by atoms with Crippen molar-refractivity contribution in [2.45, 2.75) is 162 Å². The molecule has 0 fully saturated rings. The second-order valence-corrected chi connectivity index (χ2v) is 10.8. The summed E-state index contributed by atoms with van der Waals surface area (Å²) in [6.45, 7) is 6.92. The van der Waals surface area contributed by atoms with Gasteiger partial charge in [-0.2, -0.15) is 0 Å². The van der Waals surface area contributed by atoms with Crippen LogP contribution in [0.1, 0.15) is 162 Å². The van der Waals surface area contributed by atoms with E-state index in [1.54, 1.807) is 0 Å². The van der Waals surface area contributed by atoms with Crippen LogP contribution in [-0.2, 0) is 12.6 Å². The first-order valence-corrected chi connectivity index (χ1v) is 14.1. The fourth-order valence-electron chi connectivity index (χ4n) is 4.33. The van der Waals surface area contributed by atoms with Crippen molar-refractivity contribution >= 4 is 29.0 Å². The summed E-state index contributed by atoms with van der Waals surface area (Å²) in [5.41, 5.74) is 0.130. The van der Waals surface area contributed by atoms with Gasteiger partial charge in [0.15, 0.2) is 0 Å². The maximum Gasteiger partial charge on any atom is -0.0257 e. The molecule has 0 saturated carbocycles. The Bertz CT molecular complexity index is 326. The molecule has 0 spiro atoms. The van der Waals surface area contributed by atoms with Crippen molar-refractivity contribution in [3.63, 3.8) is 0 Å². The molecule has 0 bridgehead atoms. The molecule has 0 amide bonds. The molecule has 2 heteroatoms. The van der Waals surface area contributed by atoms with Crippen LogP contribution in [0.15, 0.2) is 0 Å². The fourth-order valence-corrected chi connectivity index (χ4v) is 4.74. The third kappa shape index (κ3) is 18.8. The maximum absolute atomic E-state index is 5.49. The predicted octanol–water partition coefficient (Wildman–Crippen LogP) is 10.5. The highest BCUT2D eigenvalue weighted by atomic mass is 32.1. The normalized spacial score (nSPS) is 11.8. The van der Waals surface area contributed by atoms with Crippen LogP contribution in [0.25, 0.3) is 0 Å². The van der Waals surface area contributed by atoms with Gasteiger partial charge in [-0.25, -0.2) is 0 Å². The molecule has 0 aromatic heterocycles. The number of unbranched alkanes of at least 4 members (excludes halogenated alkanes) is 18. The molecule has 0 atom stereocenters. The zero-order chi connectivity index (χ0) is 21.6. The summed E-state index contributed by atoms with van der Waals surface area (Å²) in [6, 6.07) is 0. The van der Waals surface area contributed by atoms with Gasteiger partial charge >= 0.3 is 0 Å². The minimum atomic E-state index is 0.130. The molecule has 174 valence electrons. The molecule has 29 heavy (non-hydrogen) atoms. The van der Waals surface area contributed by atoms with Gasteiger partial charge in [-0.3, -0.25) is 0 Å². The van der Waals surface area contributed by atoms with Gasteiger partial charge in [0.1, 0.15) is 0 Å². The summed E-state index contributed by atoms with van der Waals surface area (Å²) in [7, 11) is 0. The molecule has 0 saturated heterocycles. The van der Waals surface area contributed by atoms with E-state index >= 15 is 0 Å². The van der Waals surface area contributed by atoms with Gasteiger partial charge in [-0.1, -0.05) is 149 Å². The summed E-state index contributed by atoms with van der Waals surface area (Å²) < 4.78 is 0.837. The molecule has 0 nitrogen and oxygen atoms in total. The molecule has 0 aliphatic heterocycles. The molecule has 0 rings (SSSR count). The monoisotopic (exact) mass is 441 g/mol. The van der Waals surface area contributed by atoms with E-state index in [4.69, 9.17) is 24.8 Å². The molecule has 0 heterocycles. The summed E-state index contributed by atoms with van der Waals surface area (Å²) in [5, 5.41) is 0. The smallest absolute Gasteiger partial charge is 0.0257 e. The minimum Gasteiger partial charge on any atom is -0.432 e. The average molecular weight is 442 g/mol. The molecule has 0 N–H and O–H groups in total. The van der Waals surface area contributed by atoms with Crippen molar-refractivity contribution in [2.75, 3.05) is 0 Å². The van der Waals surface area contributed by atoms with Crippen LogP contribution in [0, 0.1) is 5.41 Å². The van der Waals surface area contributed by atoms with Crippen LogP contribution in [-0.4, -0.2) is 4.20 Å². The lowest BCUT2D eigenvalue weighted by atomic mass is 9.81. The molecule has 0 aliphatic rings. The fraction of sp³-hybridized carbons (Fsp3) is 0.963. The zero-order valence-corrected chi connectivity index (χ0v) is 22.0. The van der Waals surface area contributed by atoms with E-state index in [0.29, 0.717) is 0 Å². The molecular formula is C27H53S2-. The van der Waals surface area contributed by atoms with E-state index in [9.17, 15) is 0 Å². The number of hydrogen-bond acceptors (Lipinski definition) is 2. The summed E-state index contributed by atoms with van der Waals surface area (Å²) >= 11 is 11.0. The molecule has 0 aromatic rings. The lowest BCUT2D eigenvalue weighted by molar-refractivity contribution is 0.364. The van der Waals surface area contributed by atoms with Gasteiger partial charge in [-0.05, 0) is 18.3 Å². The summed E-state index contributed by atoms with van der Waals surface area (Å²) in [5.74, 6) is 0. The Morgan fingerprint density at radius 2 is 0.759 bits per heavy atom. The first kappa shape index (κ1) is 29.3. The third-order valence-electron chi connectivity index (χ3n) is 6.66. The Morgan fingerprint density at radius 3 is 1.00 bits per heavy atom. The standard InChI is InChI=1S/C27H54S2/c1-4-6-8-10-12-14-16-18-20-22-24-27(3,26(28)29)25-23-21-19-17-15-13-11-9-7-5-2/h4-25H2,1-3H3,(H,28,29)/p-1. The Morgan fingerprint density at radius 1 is 0.517 bits per heavy atom. The van der Waals surface area contributed by atoms with Gasteiger partial charge in [0.2, 0.25) is 0 Å². The predicted molar refractivity (Wildman–Crippen MR) is 141 cm³/mol. The zero-order valence-electron chi connectivity index (χ0n) is 20.4. The van der Waals surface area contributed by atoms with E-state index in [1.165, 1.54) is 141 Å². The minimum absolute atomic E-state index is 0.130. The highest BCUT2D eigenvalue weighted by molar-refractivity contribution is 8.00. The summed E-state index contributed by atoms with van der Waals surface area (Å²) in [4.78, 5) is 0. The lowest BCUT2D eigenvalue weighted by Gasteiger charge is -2.34. The van der Waals surface area contributed by atoms with Gasteiger partial charge < -0.3 is 24.8 Å². The molecule has 0 radical (unpaired) electrons. The van der Waals surface area contributed by atoms with E-state index in [0.717, 1.165) is 4.20 Å². The molecule has 0 unspecified atom stereocenters. The Kier molecular flexibility index (Phi) is 21.8. The SMILES string of the molecule is CCCCCCCCCCCCC(C)(CCCCCCCCCCCC)C(=S)[S-]. The topological polar surface area (TPSA) is 0 Å². The van der Waals surface area contributed by atoms with Crippen LogP contribution in [0.3, 0.4) is 0 Å². The van der Waals surface area contributed by atoms with Gasteiger partial charge in [-0.15, -0.1) is 4.20 Å². The second-order valence-electron chi connectivity index (χ2n) is 9.71. The molecular weight excluding hydrogens is 388 g/mol. The third-order valence-corrected chi connectivity index (χ3v) is 7.64. The average Bonchev–Trinajstić information content (AvgIpc) is 2.70. The first-order chi connectivity index (χ1) is 14.1. The largest absolute Gasteiger partial charge is 0.432 e. The van der Waals surface area contributed by atoms with E-state index in [2.05, 4.69) is 20.8 Å². The maximum atomic E-state index is 5.49. The lowest BCUT2D eigenvalue weighted by Crippen LogP contribution is -2.24. The Balaban J connectivity index is 3.65. The molecule has 0 aliphatic carbocycles. The highest BCUT2D eigenvalue weighted by Crippen LogP contribution is 2.33. The Labute approximate surface area is 196 Å². The first-order valence-electron chi connectivity index (χ1n) is 13.3. The Hall–Kier alpha value is 0.310. The highest BCUT2D eigenvalue weighted by Gasteiger charge is 2.21.